The number of rotatable bonds is 5. The monoisotopic (exact) mass is 638 g/mol. The van der Waals surface area contributed by atoms with Gasteiger partial charge in [0.05, 0.1) is 33.9 Å². The van der Waals surface area contributed by atoms with E-state index in [0.29, 0.717) is 37.8 Å². The van der Waals surface area contributed by atoms with Gasteiger partial charge in [-0.2, -0.15) is 23.1 Å². The van der Waals surface area contributed by atoms with Crippen LogP contribution in [0, 0.1) is 11.7 Å². The second-order valence-electron chi connectivity index (χ2n) is 12.2. The van der Waals surface area contributed by atoms with Crippen molar-refractivity contribution in [3.8, 4) is 17.3 Å². The zero-order valence-electron chi connectivity index (χ0n) is 23.5. The van der Waals surface area contributed by atoms with Gasteiger partial charge in [0.15, 0.2) is 5.82 Å². The number of ether oxygens (including phenoxy) is 1. The molecule has 14 heteroatoms. The van der Waals surface area contributed by atoms with Gasteiger partial charge in [0.1, 0.15) is 29.8 Å². The van der Waals surface area contributed by atoms with Gasteiger partial charge in [-0.25, -0.2) is 13.2 Å². The second kappa shape index (κ2) is 10.6. The second-order valence-corrected chi connectivity index (χ2v) is 12.6. The van der Waals surface area contributed by atoms with E-state index in [9.17, 15) is 22.0 Å². The van der Waals surface area contributed by atoms with E-state index in [1.54, 1.807) is 4.90 Å². The summed E-state index contributed by atoms with van der Waals surface area (Å²) in [5.41, 5.74) is 2.98. The minimum absolute atomic E-state index is 0.0929. The molecule has 2 aromatic heterocycles. The molecule has 3 aromatic rings. The molecule has 4 atom stereocenters. The van der Waals surface area contributed by atoms with Crippen LogP contribution in [0.4, 0.5) is 37.8 Å². The van der Waals surface area contributed by atoms with Gasteiger partial charge in [-0.15, -0.1) is 0 Å². The average Bonchev–Trinajstić information content (AvgIpc) is 3.32. The summed E-state index contributed by atoms with van der Waals surface area (Å²) >= 11 is 5.94. The van der Waals surface area contributed by atoms with Crippen molar-refractivity contribution in [3.05, 3.63) is 46.6 Å². The first-order chi connectivity index (χ1) is 21.0. The summed E-state index contributed by atoms with van der Waals surface area (Å²) in [7, 11) is 0. The van der Waals surface area contributed by atoms with E-state index in [1.807, 2.05) is 0 Å². The van der Waals surface area contributed by atoms with Crippen LogP contribution in [0.5, 0.6) is 6.01 Å². The highest BCUT2D eigenvalue weighted by Crippen LogP contribution is 2.49. The summed E-state index contributed by atoms with van der Waals surface area (Å²) in [6, 6.07) is 1.23. The molecule has 0 amide bonds. The molecule has 1 aliphatic carbocycles. The first-order valence-corrected chi connectivity index (χ1v) is 15.0. The van der Waals surface area contributed by atoms with E-state index in [1.165, 1.54) is 6.20 Å². The fraction of sp³-hybridized carbons (Fsp3) is 0.500. The molecule has 0 radical (unpaired) electrons. The number of hydrogen-bond donors (Lipinski definition) is 1. The highest BCUT2D eigenvalue weighted by Gasteiger charge is 2.55. The highest BCUT2D eigenvalue weighted by atomic mass is 35.5. The van der Waals surface area contributed by atoms with E-state index in [4.69, 9.17) is 22.1 Å². The van der Waals surface area contributed by atoms with Crippen LogP contribution in [0.15, 0.2) is 30.2 Å². The Bertz CT molecular complexity index is 1670. The van der Waals surface area contributed by atoms with Crippen LogP contribution in [-0.2, 0) is 6.18 Å². The lowest BCUT2D eigenvalue weighted by Crippen LogP contribution is -2.43. The van der Waals surface area contributed by atoms with Gasteiger partial charge >= 0.3 is 12.2 Å². The molecular weight excluding hydrogens is 610 g/mol. The summed E-state index contributed by atoms with van der Waals surface area (Å²) in [6.07, 6.45) is 0.199. The predicted octanol–water partition coefficient (Wildman–Crippen LogP) is 6.88. The Labute approximate surface area is 254 Å². The number of hydrogen-bond acceptors (Lipinski definition) is 7. The van der Waals surface area contributed by atoms with Crippen LogP contribution in [0.2, 0.25) is 5.02 Å². The highest BCUT2D eigenvalue weighted by molar-refractivity contribution is 6.32. The Morgan fingerprint density at radius 3 is 2.75 bits per heavy atom. The maximum absolute atomic E-state index is 16.4. The van der Waals surface area contributed by atoms with Gasteiger partial charge < -0.3 is 15.4 Å². The van der Waals surface area contributed by atoms with Crippen molar-refractivity contribution in [2.45, 2.75) is 62.5 Å². The van der Waals surface area contributed by atoms with Gasteiger partial charge in [0.25, 0.3) is 0 Å². The standard InChI is InChI=1S/C30H29ClF6N6O/c31-20-9-16(38)8-18(21(20)30(35,36)37)24-23(34)25-19(12-39-24)27(43-7-2-1-4-17-22(33)26(17)43)41-28(40-25)44-14-29-5-3-6-42(29)13-15(10-29)11-32/h8-9,11-12,17,22,26H,1-7,10,13-14,38H2/b15-11+/t17-,22-,26-,29-/m0/s1. The first kappa shape index (κ1) is 29.4. The van der Waals surface area contributed by atoms with Crippen molar-refractivity contribution < 1.29 is 31.1 Å². The van der Waals surface area contributed by atoms with Crippen molar-refractivity contribution in [2.75, 3.05) is 36.9 Å². The fourth-order valence-electron chi connectivity index (χ4n) is 7.35. The number of aromatic nitrogens is 3. The van der Waals surface area contributed by atoms with Crippen molar-refractivity contribution >= 4 is 34.0 Å². The number of fused-ring (bicyclic) bond motifs is 3. The molecule has 234 valence electrons. The molecular formula is C30H29ClF6N6O. The molecule has 44 heavy (non-hydrogen) atoms. The van der Waals surface area contributed by atoms with Crippen molar-refractivity contribution in [2.24, 2.45) is 5.92 Å². The lowest BCUT2D eigenvalue weighted by atomic mass is 9.94. The first-order valence-electron chi connectivity index (χ1n) is 14.6. The van der Waals surface area contributed by atoms with Crippen LogP contribution in [-0.4, -0.2) is 63.8 Å². The lowest BCUT2D eigenvalue weighted by molar-refractivity contribution is -0.137. The van der Waals surface area contributed by atoms with E-state index in [-0.39, 0.29) is 40.9 Å². The maximum atomic E-state index is 16.4. The maximum Gasteiger partial charge on any atom is 0.418 e. The van der Waals surface area contributed by atoms with Crippen molar-refractivity contribution in [3.63, 3.8) is 0 Å². The van der Waals surface area contributed by atoms with Gasteiger partial charge in [-0.3, -0.25) is 9.88 Å². The topological polar surface area (TPSA) is 80.4 Å². The Balaban J connectivity index is 1.36. The molecule has 4 aliphatic rings. The average molecular weight is 639 g/mol. The third-order valence-electron chi connectivity index (χ3n) is 9.46. The van der Waals surface area contributed by atoms with E-state index >= 15 is 4.39 Å². The van der Waals surface area contributed by atoms with Gasteiger partial charge in [-0.05, 0) is 56.4 Å². The molecule has 0 bridgehead atoms. The number of alkyl halides is 4. The SMILES string of the molecule is Nc1cc(Cl)c(C(F)(F)F)c(-c2ncc3c(N4CCCC[C@H]5[C@H](F)[C@H]54)nc(OC[C@@]45CCCN4C/C(=C/F)C5)nc3c2F)c1. The largest absolute Gasteiger partial charge is 0.461 e. The Morgan fingerprint density at radius 2 is 1.98 bits per heavy atom. The molecule has 7 nitrogen and oxygen atoms in total. The summed E-state index contributed by atoms with van der Waals surface area (Å²) in [5, 5.41) is -0.579. The van der Waals surface area contributed by atoms with Crippen LogP contribution in [0.25, 0.3) is 22.2 Å². The van der Waals surface area contributed by atoms with Gasteiger partial charge in [-0.1, -0.05) is 18.0 Å². The van der Waals surface area contributed by atoms with E-state index in [2.05, 4.69) is 19.9 Å². The number of nitrogen functional groups attached to an aromatic ring is 1. The Hall–Kier alpha value is -3.32. The van der Waals surface area contributed by atoms with Gasteiger partial charge in [0.2, 0.25) is 0 Å². The zero-order chi connectivity index (χ0) is 31.0. The Kier molecular flexibility index (Phi) is 7.11. The van der Waals surface area contributed by atoms with Crippen molar-refractivity contribution in [1.29, 1.82) is 0 Å². The molecule has 1 aromatic carbocycles. The van der Waals surface area contributed by atoms with E-state index < -0.39 is 51.6 Å². The predicted molar refractivity (Wildman–Crippen MR) is 153 cm³/mol. The minimum Gasteiger partial charge on any atom is -0.461 e. The molecule has 2 N–H and O–H groups in total. The van der Waals surface area contributed by atoms with Crippen LogP contribution >= 0.6 is 11.6 Å². The van der Waals surface area contributed by atoms with Gasteiger partial charge in [0, 0.05) is 36.5 Å². The third-order valence-corrected chi connectivity index (χ3v) is 9.76. The number of nitrogens with zero attached hydrogens (tertiary/aromatic N) is 5. The van der Waals surface area contributed by atoms with Crippen molar-refractivity contribution in [1.82, 2.24) is 19.9 Å². The number of nitrogens with two attached hydrogens (primary N) is 1. The summed E-state index contributed by atoms with van der Waals surface area (Å²) in [5.74, 6) is -1.13. The van der Waals surface area contributed by atoms with E-state index in [0.717, 1.165) is 44.4 Å². The number of benzene rings is 1. The normalized spacial score (nSPS) is 27.9. The molecule has 5 heterocycles. The molecule has 3 aliphatic heterocycles. The molecule has 1 saturated carbocycles. The molecule has 0 spiro atoms. The smallest absolute Gasteiger partial charge is 0.418 e. The van der Waals surface area contributed by atoms with Crippen LogP contribution in [0.3, 0.4) is 0 Å². The molecule has 4 fully saturated rings. The minimum atomic E-state index is -4.93. The zero-order valence-corrected chi connectivity index (χ0v) is 24.2. The number of pyridine rings is 1. The lowest BCUT2D eigenvalue weighted by Gasteiger charge is -2.31. The summed E-state index contributed by atoms with van der Waals surface area (Å²) in [4.78, 5) is 16.9. The molecule has 7 rings (SSSR count). The van der Waals surface area contributed by atoms with Crippen LogP contribution < -0.4 is 15.4 Å². The van der Waals surface area contributed by atoms with Crippen LogP contribution in [0.1, 0.15) is 44.1 Å². The Morgan fingerprint density at radius 1 is 1.16 bits per heavy atom. The third kappa shape index (κ3) is 4.83. The fourth-order valence-corrected chi connectivity index (χ4v) is 7.69. The number of anilines is 2. The summed E-state index contributed by atoms with van der Waals surface area (Å²) in [6.45, 7) is 1.79. The number of halogens is 7. The summed E-state index contributed by atoms with van der Waals surface area (Å²) < 4.78 is 93.1. The quantitative estimate of drug-likeness (QED) is 0.241. The molecule has 3 saturated heterocycles. The molecule has 0 unspecified atom stereocenters.